The average molecular weight is 613 g/mol. The topological polar surface area (TPSA) is 104 Å². The first-order valence-electron chi connectivity index (χ1n) is 12.1. The van der Waals surface area contributed by atoms with Crippen molar-refractivity contribution in [1.29, 1.82) is 0 Å². The molecule has 1 fully saturated rings. The van der Waals surface area contributed by atoms with Crippen molar-refractivity contribution < 1.29 is 23.9 Å². The highest BCUT2D eigenvalue weighted by Crippen LogP contribution is 2.40. The van der Waals surface area contributed by atoms with E-state index in [-0.39, 0.29) is 18.2 Å². The summed E-state index contributed by atoms with van der Waals surface area (Å²) in [5, 5.41) is 11.7. The lowest BCUT2D eigenvalue weighted by molar-refractivity contribution is -0.384. The predicted molar refractivity (Wildman–Crippen MR) is 156 cm³/mol. The largest absolute Gasteiger partial charge is 0.497 e. The van der Waals surface area contributed by atoms with E-state index in [1.807, 2.05) is 44.2 Å². The van der Waals surface area contributed by atoms with Crippen LogP contribution in [0.25, 0.3) is 6.08 Å². The Balaban J connectivity index is 1.59. The Labute approximate surface area is 238 Å². The van der Waals surface area contributed by atoms with Crippen molar-refractivity contribution in [1.82, 2.24) is 4.90 Å². The highest BCUT2D eigenvalue weighted by molar-refractivity contribution is 9.10. The minimum Gasteiger partial charge on any atom is -0.497 e. The summed E-state index contributed by atoms with van der Waals surface area (Å²) >= 11 is 4.86. The molecule has 1 aliphatic heterocycles. The molecule has 202 valence electrons. The maximum absolute atomic E-state index is 13.2. The third-order valence-corrected chi connectivity index (χ3v) is 7.23. The van der Waals surface area contributed by atoms with Gasteiger partial charge in [0, 0.05) is 18.7 Å². The van der Waals surface area contributed by atoms with E-state index in [2.05, 4.69) is 20.9 Å². The van der Waals surface area contributed by atoms with Crippen molar-refractivity contribution in [3.8, 4) is 17.2 Å². The average Bonchev–Trinajstić information content (AvgIpc) is 3.22. The van der Waals surface area contributed by atoms with E-state index < -0.39 is 4.92 Å². The summed E-state index contributed by atoms with van der Waals surface area (Å²) in [5.74, 6) is 1.55. The smallest absolute Gasteiger partial charge is 0.269 e. The summed E-state index contributed by atoms with van der Waals surface area (Å²) in [6, 6.07) is 17.2. The number of rotatable bonds is 10. The van der Waals surface area contributed by atoms with Crippen LogP contribution in [0.5, 0.6) is 17.2 Å². The van der Waals surface area contributed by atoms with Gasteiger partial charge in [-0.05, 0) is 95.1 Å². The number of aliphatic imine (C=N–C) groups is 1. The third-order valence-electron chi connectivity index (χ3n) is 5.64. The number of non-ortho nitro benzene ring substituents is 1. The maximum Gasteiger partial charge on any atom is 0.269 e. The summed E-state index contributed by atoms with van der Waals surface area (Å²) in [5.41, 5.74) is 2.11. The van der Waals surface area contributed by atoms with Gasteiger partial charge in [-0.3, -0.25) is 19.8 Å². The van der Waals surface area contributed by atoms with Gasteiger partial charge in [0.1, 0.15) is 12.4 Å². The fourth-order valence-corrected chi connectivity index (χ4v) is 5.42. The minimum atomic E-state index is -0.442. The van der Waals surface area contributed by atoms with Crippen LogP contribution < -0.4 is 14.2 Å². The highest BCUT2D eigenvalue weighted by atomic mass is 79.9. The number of nitrogens with zero attached hydrogens (tertiary/aromatic N) is 3. The van der Waals surface area contributed by atoms with E-state index in [1.165, 1.54) is 23.9 Å². The Morgan fingerprint density at radius 3 is 2.54 bits per heavy atom. The van der Waals surface area contributed by atoms with Crippen LogP contribution in [0.4, 0.5) is 11.4 Å². The molecule has 11 heteroatoms. The number of hydrogen-bond donors (Lipinski definition) is 0. The molecular weight excluding hydrogens is 586 g/mol. The van der Waals surface area contributed by atoms with Gasteiger partial charge in [0.2, 0.25) is 0 Å². The van der Waals surface area contributed by atoms with E-state index in [9.17, 15) is 14.9 Å². The van der Waals surface area contributed by atoms with Crippen molar-refractivity contribution in [2.75, 3.05) is 20.3 Å². The zero-order chi connectivity index (χ0) is 27.9. The maximum atomic E-state index is 13.2. The molecule has 1 aliphatic rings. The van der Waals surface area contributed by atoms with Crippen molar-refractivity contribution in [2.45, 2.75) is 20.5 Å². The van der Waals surface area contributed by atoms with Gasteiger partial charge in [-0.2, -0.15) is 0 Å². The number of hydrogen-bond acceptors (Lipinski definition) is 8. The van der Waals surface area contributed by atoms with Crippen molar-refractivity contribution in [3.63, 3.8) is 0 Å². The molecule has 0 aliphatic carbocycles. The van der Waals surface area contributed by atoms with E-state index in [4.69, 9.17) is 14.2 Å². The van der Waals surface area contributed by atoms with Crippen LogP contribution >= 0.6 is 27.7 Å². The molecule has 0 unspecified atom stereocenters. The third kappa shape index (κ3) is 6.79. The molecule has 0 aromatic heterocycles. The summed E-state index contributed by atoms with van der Waals surface area (Å²) in [6.07, 6.45) is 1.80. The molecule has 0 saturated carbocycles. The molecule has 1 amide bonds. The number of halogens is 1. The minimum absolute atomic E-state index is 0.00285. The number of amidine groups is 1. The number of methoxy groups -OCH3 is 1. The van der Waals surface area contributed by atoms with E-state index in [1.54, 1.807) is 36.3 Å². The first kappa shape index (κ1) is 28.2. The van der Waals surface area contributed by atoms with Crippen LogP contribution in [0, 0.1) is 10.1 Å². The van der Waals surface area contributed by atoms with Gasteiger partial charge < -0.3 is 14.2 Å². The number of nitro groups is 1. The standard InChI is InChI=1S/C28H26BrN3O6S/c1-4-31-27(33)25(39-28(31)30-20-9-11-22(36-3)12-10-20)16-19-14-23(29)26(24(15-19)37-5-2)38-17-18-7-6-8-21(13-18)32(34)35/h6-16H,4-5,17H2,1-3H3/b25-16+,30-28?. The van der Waals surface area contributed by atoms with E-state index in [0.717, 1.165) is 17.0 Å². The molecule has 3 aromatic rings. The van der Waals surface area contributed by atoms with Gasteiger partial charge in [0.25, 0.3) is 11.6 Å². The number of carbonyl (C=O) groups is 1. The highest BCUT2D eigenvalue weighted by Gasteiger charge is 2.32. The normalized spacial score (nSPS) is 15.2. The Morgan fingerprint density at radius 1 is 1.10 bits per heavy atom. The fraction of sp³-hybridized carbons (Fsp3) is 0.214. The number of thioether (sulfide) groups is 1. The lowest BCUT2D eigenvalue weighted by Gasteiger charge is -2.15. The summed E-state index contributed by atoms with van der Waals surface area (Å²) in [7, 11) is 1.60. The molecular formula is C28H26BrN3O6S. The van der Waals surface area contributed by atoms with Crippen LogP contribution in [-0.4, -0.2) is 41.2 Å². The fourth-order valence-electron chi connectivity index (χ4n) is 3.78. The molecule has 4 rings (SSSR count). The van der Waals surface area contributed by atoms with Gasteiger partial charge in [-0.15, -0.1) is 0 Å². The van der Waals surface area contributed by atoms with Crippen molar-refractivity contribution in [3.05, 3.63) is 91.3 Å². The van der Waals surface area contributed by atoms with E-state index in [0.29, 0.717) is 44.8 Å². The monoisotopic (exact) mass is 611 g/mol. The van der Waals surface area contributed by atoms with Gasteiger partial charge in [0.15, 0.2) is 16.7 Å². The molecule has 0 spiro atoms. The first-order valence-corrected chi connectivity index (χ1v) is 13.7. The second-order valence-electron chi connectivity index (χ2n) is 8.23. The summed E-state index contributed by atoms with van der Waals surface area (Å²) < 4.78 is 17.7. The lowest BCUT2D eigenvalue weighted by atomic mass is 10.1. The van der Waals surface area contributed by atoms with Crippen LogP contribution in [0.15, 0.2) is 75.0 Å². The zero-order valence-corrected chi connectivity index (χ0v) is 24.0. The molecule has 0 N–H and O–H groups in total. The molecule has 3 aromatic carbocycles. The number of likely N-dealkylation sites (N-methyl/N-ethyl adjacent to an activating group) is 1. The SMILES string of the molecule is CCOc1cc(/C=C2/SC(=Nc3ccc(OC)cc3)N(CC)C2=O)cc(Br)c1OCc1cccc([N+](=O)[O-])c1. The van der Waals surface area contributed by atoms with Crippen LogP contribution in [-0.2, 0) is 11.4 Å². The molecule has 1 saturated heterocycles. The summed E-state index contributed by atoms with van der Waals surface area (Å²) in [6.45, 7) is 4.76. The number of carbonyl (C=O) groups excluding carboxylic acids is 1. The summed E-state index contributed by atoms with van der Waals surface area (Å²) in [4.78, 5) is 30.6. The molecule has 1 heterocycles. The number of benzene rings is 3. The van der Waals surface area contributed by atoms with Crippen molar-refractivity contribution in [2.24, 2.45) is 4.99 Å². The van der Waals surface area contributed by atoms with Gasteiger partial charge in [-0.1, -0.05) is 12.1 Å². The van der Waals surface area contributed by atoms with Crippen molar-refractivity contribution >= 4 is 56.2 Å². The Hall–Kier alpha value is -3.83. The van der Waals surface area contributed by atoms with Gasteiger partial charge >= 0.3 is 0 Å². The first-order chi connectivity index (χ1) is 18.8. The van der Waals surface area contributed by atoms with Gasteiger partial charge in [0.05, 0.1) is 33.7 Å². The number of ether oxygens (including phenoxy) is 3. The number of amides is 1. The molecule has 39 heavy (non-hydrogen) atoms. The van der Waals surface area contributed by atoms with Crippen LogP contribution in [0.1, 0.15) is 25.0 Å². The lowest BCUT2D eigenvalue weighted by Crippen LogP contribution is -2.28. The van der Waals surface area contributed by atoms with Gasteiger partial charge in [-0.25, -0.2) is 4.99 Å². The molecule has 0 bridgehead atoms. The zero-order valence-electron chi connectivity index (χ0n) is 21.5. The van der Waals surface area contributed by atoms with Crippen LogP contribution in [0.2, 0.25) is 0 Å². The Morgan fingerprint density at radius 2 is 1.87 bits per heavy atom. The molecule has 0 radical (unpaired) electrons. The Kier molecular flexibility index (Phi) is 9.26. The van der Waals surface area contributed by atoms with Crippen LogP contribution in [0.3, 0.4) is 0 Å². The van der Waals surface area contributed by atoms with E-state index >= 15 is 0 Å². The Bertz CT molecular complexity index is 1440. The second-order valence-corrected chi connectivity index (χ2v) is 10.1. The second kappa shape index (κ2) is 12.8. The predicted octanol–water partition coefficient (Wildman–Crippen LogP) is 6.97. The molecule has 9 nitrogen and oxygen atoms in total. The number of nitro benzene ring substituents is 1. The quantitative estimate of drug-likeness (QED) is 0.138. The molecule has 0 atom stereocenters.